The molecule has 0 radical (unpaired) electrons. The van der Waals surface area contributed by atoms with Gasteiger partial charge in [-0.2, -0.15) is 0 Å². The second-order valence-electron chi connectivity index (χ2n) is 7.45. The zero-order valence-electron chi connectivity index (χ0n) is 18.7. The van der Waals surface area contributed by atoms with E-state index in [2.05, 4.69) is 39.4 Å². The minimum absolute atomic E-state index is 0.0139. The first-order chi connectivity index (χ1) is 11.8. The van der Waals surface area contributed by atoms with Gasteiger partial charge in [0.05, 0.1) is 23.7 Å². The Morgan fingerprint density at radius 3 is 1.85 bits per heavy atom. The second-order valence-corrected chi connectivity index (χ2v) is 7.45. The molecule has 0 atom stereocenters. The molecular formula is C19H40BNO5. The van der Waals surface area contributed by atoms with E-state index in [1.807, 2.05) is 13.8 Å². The van der Waals surface area contributed by atoms with E-state index in [1.54, 1.807) is 26.8 Å². The molecule has 7 heteroatoms. The molecule has 26 heavy (non-hydrogen) atoms. The Balaban J connectivity index is 0. The summed E-state index contributed by atoms with van der Waals surface area (Å²) in [5, 5.41) is 0. The van der Waals surface area contributed by atoms with Crippen molar-refractivity contribution in [2.45, 2.75) is 86.8 Å². The van der Waals surface area contributed by atoms with Crippen molar-refractivity contribution in [2.24, 2.45) is 11.1 Å². The maximum absolute atomic E-state index is 11.2. The molecule has 0 aromatic rings. The monoisotopic (exact) mass is 373 g/mol. The van der Waals surface area contributed by atoms with E-state index in [4.69, 9.17) is 19.8 Å². The molecule has 1 heterocycles. The fraction of sp³-hybridized carbons (Fsp3) is 0.842. The molecule has 6 nitrogen and oxygen atoms in total. The van der Waals surface area contributed by atoms with Crippen LogP contribution in [0.5, 0.6) is 0 Å². The highest BCUT2D eigenvalue weighted by atomic mass is 16.7. The van der Waals surface area contributed by atoms with Gasteiger partial charge in [0.15, 0.2) is 5.88 Å². The van der Waals surface area contributed by atoms with Crippen LogP contribution in [0.15, 0.2) is 12.0 Å². The summed E-state index contributed by atoms with van der Waals surface area (Å²) in [6, 6.07) is 0. The van der Waals surface area contributed by atoms with Crippen LogP contribution < -0.4 is 5.73 Å². The highest BCUT2D eigenvalue weighted by molar-refractivity contribution is 6.45. The van der Waals surface area contributed by atoms with Gasteiger partial charge < -0.3 is 24.5 Å². The number of allylic oxidation sites excluding steroid dienone is 1. The molecule has 0 amide bonds. The Bertz CT molecular complexity index is 431. The van der Waals surface area contributed by atoms with Gasteiger partial charge in [0.2, 0.25) is 0 Å². The Morgan fingerprint density at radius 2 is 1.58 bits per heavy atom. The molecule has 1 rings (SSSR count). The number of carbonyl (C=O) groups excluding carboxylic acids is 1. The maximum atomic E-state index is 11.2. The van der Waals surface area contributed by atoms with Crippen molar-refractivity contribution in [3.8, 4) is 0 Å². The molecular weight excluding hydrogens is 333 g/mol. The molecule has 154 valence electrons. The van der Waals surface area contributed by atoms with Crippen molar-refractivity contribution in [2.75, 3.05) is 13.7 Å². The van der Waals surface area contributed by atoms with Crippen molar-refractivity contribution in [1.29, 1.82) is 0 Å². The van der Waals surface area contributed by atoms with Crippen LogP contribution in [-0.2, 0) is 23.6 Å². The van der Waals surface area contributed by atoms with Gasteiger partial charge in [0.25, 0.3) is 0 Å². The predicted octanol–water partition coefficient (Wildman–Crippen LogP) is 4.15. The summed E-state index contributed by atoms with van der Waals surface area (Å²) in [6.07, 6.45) is 2.56. The van der Waals surface area contributed by atoms with Gasteiger partial charge in [-0.25, -0.2) is 0 Å². The zero-order chi connectivity index (χ0) is 21.2. The Morgan fingerprint density at radius 1 is 1.15 bits per heavy atom. The number of esters is 1. The van der Waals surface area contributed by atoms with Crippen LogP contribution in [0, 0.1) is 5.41 Å². The summed E-state index contributed by atoms with van der Waals surface area (Å²) in [5.74, 6) is 0.00776. The van der Waals surface area contributed by atoms with E-state index in [0.717, 1.165) is 6.32 Å². The van der Waals surface area contributed by atoms with Gasteiger partial charge in [0, 0.05) is 0 Å². The first-order valence-corrected chi connectivity index (χ1v) is 9.31. The lowest BCUT2D eigenvalue weighted by atomic mass is 9.87. The molecule has 1 aliphatic rings. The quantitative estimate of drug-likeness (QED) is 0.443. The van der Waals surface area contributed by atoms with Gasteiger partial charge in [-0.3, -0.25) is 4.79 Å². The molecule has 1 saturated heterocycles. The third-order valence-electron chi connectivity index (χ3n) is 4.26. The fourth-order valence-corrected chi connectivity index (χ4v) is 1.81. The number of hydrogen-bond donors (Lipinski definition) is 1. The largest absolute Gasteiger partial charge is 0.478 e. The maximum Gasteiger partial charge on any atom is 0.457 e. The first-order valence-electron chi connectivity index (χ1n) is 9.31. The summed E-state index contributed by atoms with van der Waals surface area (Å²) in [6.45, 7) is 19.8. The third-order valence-corrected chi connectivity index (χ3v) is 4.26. The molecule has 0 aliphatic carbocycles. The molecule has 1 fully saturated rings. The first kappa shape index (κ1) is 27.0. The minimum atomic E-state index is -0.664. The second kappa shape index (κ2) is 11.5. The van der Waals surface area contributed by atoms with E-state index in [0.29, 0.717) is 5.88 Å². The minimum Gasteiger partial charge on any atom is -0.478 e. The number of ether oxygens (including phenoxy) is 2. The van der Waals surface area contributed by atoms with E-state index < -0.39 is 5.41 Å². The fourth-order valence-electron chi connectivity index (χ4n) is 1.81. The number of nitrogens with two attached hydrogens (primary N) is 1. The molecule has 0 spiro atoms. The zero-order valence-corrected chi connectivity index (χ0v) is 18.7. The van der Waals surface area contributed by atoms with Gasteiger partial charge in [-0.1, -0.05) is 20.8 Å². The highest BCUT2D eigenvalue weighted by Gasteiger charge is 2.49. The molecule has 0 aromatic carbocycles. The van der Waals surface area contributed by atoms with E-state index >= 15 is 0 Å². The van der Waals surface area contributed by atoms with Crippen molar-refractivity contribution in [1.82, 2.24) is 0 Å². The number of carbonyl (C=O) groups is 1. The molecule has 1 aliphatic heterocycles. The van der Waals surface area contributed by atoms with Crippen LogP contribution in [0.1, 0.15) is 69.2 Å². The van der Waals surface area contributed by atoms with E-state index in [-0.39, 0.29) is 30.9 Å². The van der Waals surface area contributed by atoms with Gasteiger partial charge in [-0.05, 0) is 60.9 Å². The standard InChI is InChI=1S/C9H17NO3.C8H17BO2.C2H6/c1-5-7(10)13-6-9(2,3)8(11)12-4;1-6-9-10-7(2,3)8(4,5)11-9;1-2/h5H,6,10H2,1-4H3;6H2,1-5H3;1-2H3/b7-5+;;. The molecule has 0 unspecified atom stereocenters. The molecule has 2 N–H and O–H groups in total. The number of rotatable bonds is 5. The van der Waals surface area contributed by atoms with Crippen LogP contribution in [-0.4, -0.2) is 38.0 Å². The van der Waals surface area contributed by atoms with Crippen molar-refractivity contribution < 1.29 is 23.6 Å². The van der Waals surface area contributed by atoms with Crippen LogP contribution in [0.3, 0.4) is 0 Å². The van der Waals surface area contributed by atoms with Gasteiger partial charge in [-0.15, -0.1) is 0 Å². The van der Waals surface area contributed by atoms with E-state index in [9.17, 15) is 4.79 Å². The normalized spacial score (nSPS) is 18.1. The summed E-state index contributed by atoms with van der Waals surface area (Å²) in [7, 11) is 1.34. The van der Waals surface area contributed by atoms with Crippen LogP contribution in [0.2, 0.25) is 6.32 Å². The van der Waals surface area contributed by atoms with E-state index in [1.165, 1.54) is 7.11 Å². The Labute approximate surface area is 160 Å². The SMILES string of the molecule is C/C=C(\N)OCC(C)(C)C(=O)OC.CC.CCB1OC(C)(C)C(C)(C)O1. The van der Waals surface area contributed by atoms with Crippen LogP contribution >= 0.6 is 0 Å². The molecule has 0 saturated carbocycles. The van der Waals surface area contributed by atoms with Gasteiger partial charge in [0.1, 0.15) is 6.61 Å². The summed E-state index contributed by atoms with van der Waals surface area (Å²) in [4.78, 5) is 11.2. The lowest BCUT2D eigenvalue weighted by Gasteiger charge is -2.32. The summed E-state index contributed by atoms with van der Waals surface area (Å²) >= 11 is 0. The molecule has 0 aromatic heterocycles. The van der Waals surface area contributed by atoms with Crippen molar-refractivity contribution in [3.05, 3.63) is 12.0 Å². The van der Waals surface area contributed by atoms with Crippen LogP contribution in [0.25, 0.3) is 0 Å². The van der Waals surface area contributed by atoms with Crippen molar-refractivity contribution >= 4 is 13.1 Å². The highest BCUT2D eigenvalue weighted by Crippen LogP contribution is 2.37. The van der Waals surface area contributed by atoms with Crippen molar-refractivity contribution in [3.63, 3.8) is 0 Å². The molecule has 0 bridgehead atoms. The van der Waals surface area contributed by atoms with Crippen LogP contribution in [0.4, 0.5) is 0 Å². The lowest BCUT2D eigenvalue weighted by molar-refractivity contribution is -0.153. The average Bonchev–Trinajstić information content (AvgIpc) is 2.81. The number of hydrogen-bond acceptors (Lipinski definition) is 6. The Kier molecular flexibility index (Phi) is 11.9. The number of methoxy groups -OCH3 is 1. The average molecular weight is 373 g/mol. The summed E-state index contributed by atoms with van der Waals surface area (Å²) < 4.78 is 21.1. The third kappa shape index (κ3) is 8.45. The topological polar surface area (TPSA) is 80.0 Å². The lowest BCUT2D eigenvalue weighted by Crippen LogP contribution is -2.41. The summed E-state index contributed by atoms with van der Waals surface area (Å²) in [5.41, 5.74) is 4.43. The smallest absolute Gasteiger partial charge is 0.457 e. The Hall–Kier alpha value is -1.21. The van der Waals surface area contributed by atoms with Gasteiger partial charge >= 0.3 is 13.1 Å². The predicted molar refractivity (Wildman–Crippen MR) is 108 cm³/mol.